The van der Waals surface area contributed by atoms with Gasteiger partial charge in [0.1, 0.15) is 0 Å². The molecule has 2 heteroatoms. The summed E-state index contributed by atoms with van der Waals surface area (Å²) in [5.41, 5.74) is 9.95. The number of likely N-dealkylation sites (tertiary alicyclic amines) is 1. The van der Waals surface area contributed by atoms with Crippen LogP contribution in [0.1, 0.15) is 56.7 Å². The molecule has 0 saturated carbocycles. The third kappa shape index (κ3) is 2.77. The van der Waals surface area contributed by atoms with E-state index in [1.54, 1.807) is 0 Å². The third-order valence-electron chi connectivity index (χ3n) is 5.38. The number of aryl methyl sites for hydroxylation is 1. The van der Waals surface area contributed by atoms with Gasteiger partial charge in [0, 0.05) is 12.1 Å². The molecular weight excluding hydrogens is 244 g/mol. The van der Waals surface area contributed by atoms with E-state index in [2.05, 4.69) is 43.0 Å². The standard InChI is InChI=1S/C18H28N2/c1-18(2)10-5-12-20(13-11-18)16-9-8-14-6-3-4-7-15(14)17(16)19/h3-4,6-7,16-17H,5,8-13,19H2,1-2H3. The first-order valence-corrected chi connectivity index (χ1v) is 8.14. The Kier molecular flexibility index (Phi) is 3.87. The van der Waals surface area contributed by atoms with Crippen molar-refractivity contribution in [1.29, 1.82) is 0 Å². The van der Waals surface area contributed by atoms with Crippen molar-refractivity contribution in [1.82, 2.24) is 4.90 Å². The van der Waals surface area contributed by atoms with E-state index in [0.717, 1.165) is 0 Å². The average molecular weight is 272 g/mol. The second kappa shape index (κ2) is 5.50. The van der Waals surface area contributed by atoms with Crippen LogP contribution in [0.15, 0.2) is 24.3 Å². The highest BCUT2D eigenvalue weighted by atomic mass is 15.2. The summed E-state index contributed by atoms with van der Waals surface area (Å²) < 4.78 is 0. The number of nitrogens with zero attached hydrogens (tertiary/aromatic N) is 1. The van der Waals surface area contributed by atoms with Gasteiger partial charge < -0.3 is 5.73 Å². The van der Waals surface area contributed by atoms with Crippen molar-refractivity contribution in [3.05, 3.63) is 35.4 Å². The predicted octanol–water partition coefficient (Wildman–Crippen LogP) is 3.51. The molecule has 0 radical (unpaired) electrons. The van der Waals surface area contributed by atoms with Crippen LogP contribution in [0.5, 0.6) is 0 Å². The SMILES string of the molecule is CC1(C)CCCN(C2CCc3ccccc3C2N)CC1. The summed E-state index contributed by atoms with van der Waals surface area (Å²) in [4.78, 5) is 2.68. The fourth-order valence-electron chi connectivity index (χ4n) is 3.96. The van der Waals surface area contributed by atoms with Crippen LogP contribution in [0, 0.1) is 5.41 Å². The Bertz CT molecular complexity index is 466. The van der Waals surface area contributed by atoms with Crippen LogP contribution >= 0.6 is 0 Å². The number of hydrogen-bond acceptors (Lipinski definition) is 2. The summed E-state index contributed by atoms with van der Waals surface area (Å²) in [6, 6.07) is 9.48. The van der Waals surface area contributed by atoms with E-state index in [9.17, 15) is 0 Å². The topological polar surface area (TPSA) is 29.3 Å². The Hall–Kier alpha value is -0.860. The molecule has 0 amide bonds. The summed E-state index contributed by atoms with van der Waals surface area (Å²) in [7, 11) is 0. The quantitative estimate of drug-likeness (QED) is 0.847. The molecule has 2 nitrogen and oxygen atoms in total. The van der Waals surface area contributed by atoms with Crippen LogP contribution in [0.4, 0.5) is 0 Å². The number of hydrogen-bond donors (Lipinski definition) is 1. The zero-order chi connectivity index (χ0) is 14.2. The summed E-state index contributed by atoms with van der Waals surface area (Å²) >= 11 is 0. The lowest BCUT2D eigenvalue weighted by Crippen LogP contribution is -2.46. The van der Waals surface area contributed by atoms with Crippen molar-refractivity contribution in [3.8, 4) is 0 Å². The molecule has 1 aliphatic heterocycles. The monoisotopic (exact) mass is 272 g/mol. The predicted molar refractivity (Wildman–Crippen MR) is 84.7 cm³/mol. The van der Waals surface area contributed by atoms with Gasteiger partial charge in [-0.25, -0.2) is 0 Å². The number of rotatable bonds is 1. The molecule has 1 saturated heterocycles. The van der Waals surface area contributed by atoms with Gasteiger partial charge in [-0.3, -0.25) is 4.90 Å². The lowest BCUT2D eigenvalue weighted by Gasteiger charge is -2.39. The second-order valence-electron chi connectivity index (χ2n) is 7.38. The molecule has 0 aromatic heterocycles. The van der Waals surface area contributed by atoms with Crippen LogP contribution in [-0.2, 0) is 6.42 Å². The van der Waals surface area contributed by atoms with Gasteiger partial charge in [0.25, 0.3) is 0 Å². The van der Waals surface area contributed by atoms with Gasteiger partial charge in [-0.1, -0.05) is 38.1 Å². The molecule has 1 heterocycles. The molecule has 20 heavy (non-hydrogen) atoms. The fraction of sp³-hybridized carbons (Fsp3) is 0.667. The fourth-order valence-corrected chi connectivity index (χ4v) is 3.96. The molecule has 3 rings (SSSR count). The maximum atomic E-state index is 6.60. The van der Waals surface area contributed by atoms with Gasteiger partial charge in [0.15, 0.2) is 0 Å². The average Bonchev–Trinajstić information content (AvgIpc) is 2.61. The van der Waals surface area contributed by atoms with Crippen LogP contribution in [-0.4, -0.2) is 24.0 Å². The normalized spacial score (nSPS) is 30.6. The molecule has 0 spiro atoms. The molecular formula is C18H28N2. The molecule has 110 valence electrons. The highest BCUT2D eigenvalue weighted by Gasteiger charge is 2.33. The molecule has 1 aromatic rings. The minimum Gasteiger partial charge on any atom is -0.323 e. The van der Waals surface area contributed by atoms with E-state index in [-0.39, 0.29) is 6.04 Å². The minimum atomic E-state index is 0.196. The maximum absolute atomic E-state index is 6.60. The molecule has 2 N–H and O–H groups in total. The Morgan fingerprint density at radius 2 is 1.95 bits per heavy atom. The zero-order valence-electron chi connectivity index (χ0n) is 12.9. The van der Waals surface area contributed by atoms with E-state index in [0.29, 0.717) is 11.5 Å². The highest BCUT2D eigenvalue weighted by molar-refractivity contribution is 5.33. The van der Waals surface area contributed by atoms with Crippen LogP contribution in [0.25, 0.3) is 0 Å². The smallest absolute Gasteiger partial charge is 0.0455 e. The lowest BCUT2D eigenvalue weighted by molar-refractivity contribution is 0.155. The third-order valence-corrected chi connectivity index (χ3v) is 5.38. The molecule has 1 fully saturated rings. The molecule has 2 aliphatic rings. The van der Waals surface area contributed by atoms with Gasteiger partial charge in [-0.15, -0.1) is 0 Å². The van der Waals surface area contributed by atoms with Crippen molar-refractivity contribution in [3.63, 3.8) is 0 Å². The summed E-state index contributed by atoms with van der Waals surface area (Å²) in [5, 5.41) is 0. The Balaban J connectivity index is 1.75. The van der Waals surface area contributed by atoms with Crippen molar-refractivity contribution in [2.45, 2.75) is 58.0 Å². The van der Waals surface area contributed by atoms with Crippen LogP contribution in [0.2, 0.25) is 0 Å². The largest absolute Gasteiger partial charge is 0.323 e. The zero-order valence-corrected chi connectivity index (χ0v) is 12.9. The minimum absolute atomic E-state index is 0.196. The Morgan fingerprint density at radius 1 is 1.15 bits per heavy atom. The lowest BCUT2D eigenvalue weighted by atomic mass is 9.83. The van der Waals surface area contributed by atoms with Gasteiger partial charge in [0.05, 0.1) is 0 Å². The summed E-state index contributed by atoms with van der Waals surface area (Å²) in [6.45, 7) is 7.26. The molecule has 2 atom stereocenters. The van der Waals surface area contributed by atoms with Crippen molar-refractivity contribution >= 4 is 0 Å². The summed E-state index contributed by atoms with van der Waals surface area (Å²) in [6.07, 6.45) is 6.38. The van der Waals surface area contributed by atoms with Crippen molar-refractivity contribution in [2.24, 2.45) is 11.1 Å². The molecule has 1 aliphatic carbocycles. The molecule has 2 unspecified atom stereocenters. The van der Waals surface area contributed by atoms with E-state index >= 15 is 0 Å². The van der Waals surface area contributed by atoms with E-state index in [1.165, 1.54) is 56.3 Å². The first-order chi connectivity index (χ1) is 9.57. The second-order valence-corrected chi connectivity index (χ2v) is 7.38. The van der Waals surface area contributed by atoms with Gasteiger partial charge in [0.2, 0.25) is 0 Å². The van der Waals surface area contributed by atoms with Gasteiger partial charge >= 0.3 is 0 Å². The molecule has 1 aromatic carbocycles. The Morgan fingerprint density at radius 3 is 2.80 bits per heavy atom. The van der Waals surface area contributed by atoms with E-state index in [1.807, 2.05) is 0 Å². The van der Waals surface area contributed by atoms with Crippen molar-refractivity contribution < 1.29 is 0 Å². The number of fused-ring (bicyclic) bond motifs is 1. The first kappa shape index (κ1) is 14.1. The number of benzene rings is 1. The van der Waals surface area contributed by atoms with E-state index < -0.39 is 0 Å². The highest BCUT2D eigenvalue weighted by Crippen LogP contribution is 2.35. The molecule has 0 bridgehead atoms. The van der Waals surface area contributed by atoms with E-state index in [4.69, 9.17) is 5.73 Å². The van der Waals surface area contributed by atoms with Crippen molar-refractivity contribution in [2.75, 3.05) is 13.1 Å². The maximum Gasteiger partial charge on any atom is 0.0455 e. The Labute approximate surface area is 123 Å². The number of nitrogens with two attached hydrogens (primary N) is 1. The summed E-state index contributed by atoms with van der Waals surface area (Å²) in [5.74, 6) is 0. The first-order valence-electron chi connectivity index (χ1n) is 8.14. The van der Waals surface area contributed by atoms with Crippen LogP contribution in [0.3, 0.4) is 0 Å². The van der Waals surface area contributed by atoms with Gasteiger partial charge in [-0.2, -0.15) is 0 Å². The van der Waals surface area contributed by atoms with Crippen LogP contribution < -0.4 is 5.73 Å². The van der Waals surface area contributed by atoms with Gasteiger partial charge in [-0.05, 0) is 61.7 Å².